The van der Waals surface area contributed by atoms with Gasteiger partial charge in [0.25, 0.3) is 0 Å². The summed E-state index contributed by atoms with van der Waals surface area (Å²) in [7, 11) is -3.54. The molecule has 1 heterocycles. The average Bonchev–Trinajstić information content (AvgIpc) is 2.51. The van der Waals surface area contributed by atoms with Crippen LogP contribution in [0.1, 0.15) is 24.1 Å². The van der Waals surface area contributed by atoms with Gasteiger partial charge in [-0.1, -0.05) is 12.1 Å². The van der Waals surface area contributed by atoms with Gasteiger partial charge in [0.1, 0.15) is 5.82 Å². The minimum Gasteiger partial charge on any atom is -0.309 e. The van der Waals surface area contributed by atoms with Crippen LogP contribution in [0.4, 0.5) is 10.1 Å². The van der Waals surface area contributed by atoms with Crippen molar-refractivity contribution >= 4 is 15.7 Å². The molecule has 124 valence electrons. The Balaban J connectivity index is 1.87. The van der Waals surface area contributed by atoms with Crippen molar-refractivity contribution in [3.05, 3.63) is 59.7 Å². The standard InChI is InChI=1S/C16H20FN3O2S/c1-12-5-6-15(10-16(12)17)20-23(21,22)9-8-19-13(2)14-4-3-7-18-11-14/h3-7,10-11,13,19-20H,8-9H2,1-2H3/t13-/m1/s1. The van der Waals surface area contributed by atoms with Gasteiger partial charge in [0, 0.05) is 25.0 Å². The Bertz CT molecular complexity index is 751. The lowest BCUT2D eigenvalue weighted by Crippen LogP contribution is -2.28. The van der Waals surface area contributed by atoms with Gasteiger partial charge in [0.2, 0.25) is 10.0 Å². The Kier molecular flexibility index (Phi) is 5.68. The number of hydrogen-bond donors (Lipinski definition) is 2. The molecule has 23 heavy (non-hydrogen) atoms. The van der Waals surface area contributed by atoms with Gasteiger partial charge in [-0.05, 0) is 43.2 Å². The molecule has 0 bridgehead atoms. The number of nitrogens with one attached hydrogen (secondary N) is 2. The second-order valence-electron chi connectivity index (χ2n) is 5.35. The molecular formula is C16H20FN3O2S. The first-order valence-electron chi connectivity index (χ1n) is 7.27. The number of sulfonamides is 1. The number of nitrogens with zero attached hydrogens (tertiary/aromatic N) is 1. The molecule has 0 aliphatic carbocycles. The summed E-state index contributed by atoms with van der Waals surface area (Å²) < 4.78 is 39.9. The normalized spacial score (nSPS) is 12.8. The van der Waals surface area contributed by atoms with E-state index in [1.165, 1.54) is 12.1 Å². The fourth-order valence-electron chi connectivity index (χ4n) is 2.05. The number of benzene rings is 1. The molecule has 0 radical (unpaired) electrons. The Labute approximate surface area is 136 Å². The molecule has 0 fully saturated rings. The van der Waals surface area contributed by atoms with Gasteiger partial charge in [-0.2, -0.15) is 0 Å². The highest BCUT2D eigenvalue weighted by atomic mass is 32.2. The van der Waals surface area contributed by atoms with Crippen molar-refractivity contribution in [2.24, 2.45) is 0 Å². The largest absolute Gasteiger partial charge is 0.309 e. The molecule has 0 saturated carbocycles. The van der Waals surface area contributed by atoms with Crippen LogP contribution in [-0.2, 0) is 10.0 Å². The highest BCUT2D eigenvalue weighted by molar-refractivity contribution is 7.92. The van der Waals surface area contributed by atoms with Gasteiger partial charge in [-0.25, -0.2) is 12.8 Å². The zero-order valence-corrected chi connectivity index (χ0v) is 13.9. The van der Waals surface area contributed by atoms with Gasteiger partial charge >= 0.3 is 0 Å². The fourth-order valence-corrected chi connectivity index (χ4v) is 3.02. The molecule has 5 nitrogen and oxygen atoms in total. The van der Waals surface area contributed by atoms with E-state index in [-0.39, 0.29) is 24.0 Å². The minimum atomic E-state index is -3.54. The van der Waals surface area contributed by atoms with E-state index in [0.717, 1.165) is 5.56 Å². The smallest absolute Gasteiger partial charge is 0.233 e. The van der Waals surface area contributed by atoms with E-state index in [2.05, 4.69) is 15.0 Å². The van der Waals surface area contributed by atoms with Gasteiger partial charge in [0.05, 0.1) is 11.4 Å². The quantitative estimate of drug-likeness (QED) is 0.815. The van der Waals surface area contributed by atoms with E-state index in [0.29, 0.717) is 5.56 Å². The maximum atomic E-state index is 13.4. The molecule has 1 atom stereocenters. The SMILES string of the molecule is Cc1ccc(NS(=O)(=O)CCN[C@H](C)c2cccnc2)cc1F. The van der Waals surface area contributed by atoms with Crippen molar-refractivity contribution in [2.45, 2.75) is 19.9 Å². The first-order chi connectivity index (χ1) is 10.9. The van der Waals surface area contributed by atoms with Crippen molar-refractivity contribution in [2.75, 3.05) is 17.0 Å². The molecule has 1 aromatic carbocycles. The van der Waals surface area contributed by atoms with Crippen LogP contribution in [-0.4, -0.2) is 25.7 Å². The zero-order chi connectivity index (χ0) is 16.9. The Morgan fingerprint density at radius 2 is 2.09 bits per heavy atom. The maximum Gasteiger partial charge on any atom is 0.233 e. The van der Waals surface area contributed by atoms with Crippen LogP contribution in [0.5, 0.6) is 0 Å². The number of rotatable bonds is 7. The Hall–Kier alpha value is -1.99. The summed E-state index contributed by atoms with van der Waals surface area (Å²) in [6.07, 6.45) is 3.42. The van der Waals surface area contributed by atoms with E-state index in [9.17, 15) is 12.8 Å². The third-order valence-corrected chi connectivity index (χ3v) is 4.74. The van der Waals surface area contributed by atoms with Crippen LogP contribution in [0.3, 0.4) is 0 Å². The second-order valence-corrected chi connectivity index (χ2v) is 7.19. The summed E-state index contributed by atoms with van der Waals surface area (Å²) in [4.78, 5) is 4.03. The summed E-state index contributed by atoms with van der Waals surface area (Å²) in [5.74, 6) is -0.541. The van der Waals surface area contributed by atoms with Gasteiger partial charge in [0.15, 0.2) is 0 Å². The molecule has 7 heteroatoms. The lowest BCUT2D eigenvalue weighted by molar-refractivity contribution is 0.574. The van der Waals surface area contributed by atoms with Gasteiger partial charge in [-0.15, -0.1) is 0 Å². The molecule has 1 aromatic heterocycles. The monoisotopic (exact) mass is 337 g/mol. The Morgan fingerprint density at radius 1 is 1.30 bits per heavy atom. The maximum absolute atomic E-state index is 13.4. The van der Waals surface area contributed by atoms with Crippen LogP contribution < -0.4 is 10.0 Å². The third kappa shape index (κ3) is 5.30. The molecule has 0 aliphatic rings. The van der Waals surface area contributed by atoms with Crippen LogP contribution in [0.25, 0.3) is 0 Å². The predicted molar refractivity (Wildman–Crippen MR) is 89.2 cm³/mol. The number of halogens is 1. The molecule has 0 spiro atoms. The van der Waals surface area contributed by atoms with Crippen molar-refractivity contribution in [3.8, 4) is 0 Å². The summed E-state index contributed by atoms with van der Waals surface area (Å²) in [5.41, 5.74) is 1.69. The third-order valence-electron chi connectivity index (χ3n) is 3.45. The van der Waals surface area contributed by atoms with Crippen molar-refractivity contribution in [1.29, 1.82) is 0 Å². The molecule has 2 aromatic rings. The summed E-state index contributed by atoms with van der Waals surface area (Å²) >= 11 is 0. The predicted octanol–water partition coefficient (Wildman–Crippen LogP) is 2.62. The van der Waals surface area contributed by atoms with Crippen LogP contribution in [0.15, 0.2) is 42.7 Å². The highest BCUT2D eigenvalue weighted by Gasteiger charge is 2.12. The second kappa shape index (κ2) is 7.52. The summed E-state index contributed by atoms with van der Waals surface area (Å²) in [6.45, 7) is 3.84. The number of pyridine rings is 1. The summed E-state index contributed by atoms with van der Waals surface area (Å²) in [5, 5.41) is 3.13. The molecule has 0 saturated heterocycles. The van der Waals surface area contributed by atoms with Crippen LogP contribution >= 0.6 is 0 Å². The molecule has 0 aliphatic heterocycles. The van der Waals surface area contributed by atoms with Crippen LogP contribution in [0.2, 0.25) is 0 Å². The van der Waals surface area contributed by atoms with E-state index in [1.807, 2.05) is 19.1 Å². The van der Waals surface area contributed by atoms with Gasteiger partial charge < -0.3 is 5.32 Å². The van der Waals surface area contributed by atoms with E-state index in [4.69, 9.17) is 0 Å². The topological polar surface area (TPSA) is 71.1 Å². The molecule has 0 amide bonds. The van der Waals surface area contributed by atoms with Crippen LogP contribution in [0, 0.1) is 12.7 Å². The highest BCUT2D eigenvalue weighted by Crippen LogP contribution is 2.15. The molecular weight excluding hydrogens is 317 g/mol. The average molecular weight is 337 g/mol. The number of hydrogen-bond acceptors (Lipinski definition) is 4. The van der Waals surface area contributed by atoms with Crippen molar-refractivity contribution < 1.29 is 12.8 Å². The molecule has 0 unspecified atom stereocenters. The summed E-state index contributed by atoms with van der Waals surface area (Å²) in [6, 6.07) is 8.01. The fraction of sp³-hybridized carbons (Fsp3) is 0.312. The lowest BCUT2D eigenvalue weighted by atomic mass is 10.1. The van der Waals surface area contributed by atoms with Crippen molar-refractivity contribution in [1.82, 2.24) is 10.3 Å². The zero-order valence-electron chi connectivity index (χ0n) is 13.1. The first kappa shape index (κ1) is 17.4. The minimum absolute atomic E-state index is 0.00396. The van der Waals surface area contributed by atoms with E-state index >= 15 is 0 Å². The molecule has 2 N–H and O–H groups in total. The number of aryl methyl sites for hydroxylation is 1. The van der Waals surface area contributed by atoms with Crippen molar-refractivity contribution in [3.63, 3.8) is 0 Å². The van der Waals surface area contributed by atoms with E-state index in [1.54, 1.807) is 25.4 Å². The lowest BCUT2D eigenvalue weighted by Gasteiger charge is -2.14. The first-order valence-corrected chi connectivity index (χ1v) is 8.92. The van der Waals surface area contributed by atoms with E-state index < -0.39 is 15.8 Å². The molecule has 2 rings (SSSR count). The number of anilines is 1. The number of aromatic nitrogens is 1. The van der Waals surface area contributed by atoms with Gasteiger partial charge in [-0.3, -0.25) is 9.71 Å². The Morgan fingerprint density at radius 3 is 2.74 bits per heavy atom.